The highest BCUT2D eigenvalue weighted by Crippen LogP contribution is 2.35. The van der Waals surface area contributed by atoms with Crippen LogP contribution in [0.2, 0.25) is 0 Å². The Labute approximate surface area is 137 Å². The van der Waals surface area contributed by atoms with Gasteiger partial charge >= 0.3 is 0 Å². The van der Waals surface area contributed by atoms with Crippen molar-refractivity contribution in [1.29, 1.82) is 0 Å². The van der Waals surface area contributed by atoms with E-state index in [4.69, 9.17) is 0 Å². The van der Waals surface area contributed by atoms with E-state index in [-0.39, 0.29) is 17.7 Å². The predicted molar refractivity (Wildman–Crippen MR) is 83.0 cm³/mol. The molecule has 0 spiro atoms. The van der Waals surface area contributed by atoms with Crippen LogP contribution < -0.4 is 4.90 Å². The van der Waals surface area contributed by atoms with E-state index in [0.717, 1.165) is 23.9 Å². The van der Waals surface area contributed by atoms with Gasteiger partial charge in [-0.05, 0) is 17.7 Å². The van der Waals surface area contributed by atoms with E-state index in [2.05, 4.69) is 14.9 Å². The molecule has 7 heteroatoms. The van der Waals surface area contributed by atoms with Crippen molar-refractivity contribution in [1.82, 2.24) is 14.9 Å². The van der Waals surface area contributed by atoms with Crippen LogP contribution in [0.15, 0.2) is 36.9 Å². The molecule has 2 aliphatic rings. The van der Waals surface area contributed by atoms with Crippen LogP contribution in [0.1, 0.15) is 5.56 Å². The zero-order valence-corrected chi connectivity index (χ0v) is 12.9. The number of anilines is 1. The zero-order chi connectivity index (χ0) is 16.7. The summed E-state index contributed by atoms with van der Waals surface area (Å²) in [6, 6.07) is 3.95. The van der Waals surface area contributed by atoms with Crippen LogP contribution >= 0.6 is 0 Å². The summed E-state index contributed by atoms with van der Waals surface area (Å²) >= 11 is 0. The molecular formula is C17H16F2N4O. The molecule has 0 radical (unpaired) electrons. The second-order valence-corrected chi connectivity index (χ2v) is 6.35. The number of hydrogen-bond donors (Lipinski definition) is 0. The Morgan fingerprint density at radius 1 is 1.08 bits per heavy atom. The first kappa shape index (κ1) is 15.1. The Kier molecular flexibility index (Phi) is 3.72. The average Bonchev–Trinajstić information content (AvgIpc) is 3.11. The highest BCUT2D eigenvalue weighted by molar-refractivity contribution is 5.97. The fraction of sp³-hybridized carbons (Fsp3) is 0.353. The number of hydrogen-bond acceptors (Lipinski definition) is 4. The molecule has 2 atom stereocenters. The molecule has 2 fully saturated rings. The minimum Gasteiger partial charge on any atom is -0.309 e. The summed E-state index contributed by atoms with van der Waals surface area (Å²) in [5, 5.41) is 0. The quantitative estimate of drug-likeness (QED) is 0.862. The number of aromatic nitrogens is 2. The first-order chi connectivity index (χ1) is 11.6. The first-order valence-corrected chi connectivity index (χ1v) is 7.84. The maximum atomic E-state index is 13.3. The summed E-state index contributed by atoms with van der Waals surface area (Å²) in [5.41, 5.74) is 1.44. The second-order valence-electron chi connectivity index (χ2n) is 6.35. The molecule has 2 aromatic rings. The van der Waals surface area contributed by atoms with Crippen molar-refractivity contribution < 1.29 is 13.6 Å². The third-order valence-electron chi connectivity index (χ3n) is 4.77. The molecule has 4 rings (SSSR count). The summed E-state index contributed by atoms with van der Waals surface area (Å²) in [7, 11) is 0. The summed E-state index contributed by atoms with van der Waals surface area (Å²) in [6.45, 7) is 2.56. The topological polar surface area (TPSA) is 49.3 Å². The summed E-state index contributed by atoms with van der Waals surface area (Å²) in [6.07, 6.45) is 4.73. The molecule has 1 aromatic heterocycles. The minimum atomic E-state index is -0.840. The molecule has 124 valence electrons. The van der Waals surface area contributed by atoms with Crippen molar-refractivity contribution >= 4 is 11.6 Å². The Bertz CT molecular complexity index is 770. The zero-order valence-electron chi connectivity index (χ0n) is 12.9. The van der Waals surface area contributed by atoms with Crippen molar-refractivity contribution in [3.8, 4) is 0 Å². The van der Waals surface area contributed by atoms with E-state index >= 15 is 0 Å². The van der Waals surface area contributed by atoms with Crippen molar-refractivity contribution in [2.45, 2.75) is 6.54 Å². The second kappa shape index (κ2) is 5.90. The van der Waals surface area contributed by atoms with Crippen LogP contribution in [0.5, 0.6) is 0 Å². The molecule has 2 saturated heterocycles. The van der Waals surface area contributed by atoms with Gasteiger partial charge in [0.05, 0.1) is 24.0 Å². The maximum absolute atomic E-state index is 13.3. The van der Waals surface area contributed by atoms with Crippen LogP contribution in [0.3, 0.4) is 0 Å². The molecule has 0 N–H and O–H groups in total. The van der Waals surface area contributed by atoms with Crippen LogP contribution in [0.4, 0.5) is 14.5 Å². The Balaban J connectivity index is 1.43. The van der Waals surface area contributed by atoms with Gasteiger partial charge in [0.1, 0.15) is 6.33 Å². The van der Waals surface area contributed by atoms with Gasteiger partial charge in [0.2, 0.25) is 5.91 Å². The molecule has 0 saturated carbocycles. The largest absolute Gasteiger partial charge is 0.309 e. The van der Waals surface area contributed by atoms with Crippen LogP contribution in [-0.4, -0.2) is 40.4 Å². The molecule has 2 aliphatic heterocycles. The van der Waals surface area contributed by atoms with Gasteiger partial charge in [0.25, 0.3) is 0 Å². The van der Waals surface area contributed by atoms with Gasteiger partial charge in [0.15, 0.2) is 11.6 Å². The van der Waals surface area contributed by atoms with Crippen molar-refractivity contribution in [2.75, 3.05) is 24.5 Å². The van der Waals surface area contributed by atoms with E-state index in [9.17, 15) is 13.6 Å². The number of benzene rings is 1. The van der Waals surface area contributed by atoms with Crippen molar-refractivity contribution in [2.24, 2.45) is 11.8 Å². The molecule has 1 aromatic carbocycles. The fourth-order valence-corrected chi connectivity index (χ4v) is 3.64. The lowest BCUT2D eigenvalue weighted by Crippen LogP contribution is -2.32. The van der Waals surface area contributed by atoms with Gasteiger partial charge in [0, 0.05) is 32.1 Å². The lowest BCUT2D eigenvalue weighted by molar-refractivity contribution is -0.120. The Morgan fingerprint density at radius 3 is 2.58 bits per heavy atom. The fourth-order valence-electron chi connectivity index (χ4n) is 3.64. The Morgan fingerprint density at radius 2 is 1.88 bits per heavy atom. The summed E-state index contributed by atoms with van der Waals surface area (Å²) < 4.78 is 26.3. The SMILES string of the molecule is O=C1[C@H]2CN(Cc3ccc(F)c(F)c3)C[C@H]2CN1c1cncnc1. The van der Waals surface area contributed by atoms with Gasteiger partial charge < -0.3 is 4.90 Å². The van der Waals surface area contributed by atoms with Gasteiger partial charge in [-0.2, -0.15) is 0 Å². The molecule has 0 bridgehead atoms. The van der Waals surface area contributed by atoms with Crippen LogP contribution in [-0.2, 0) is 11.3 Å². The van der Waals surface area contributed by atoms with E-state index in [1.165, 1.54) is 12.4 Å². The van der Waals surface area contributed by atoms with E-state index in [1.807, 2.05) is 0 Å². The standard InChI is InChI=1S/C17H16F2N4O/c18-15-2-1-11(3-16(15)19)6-22-7-12-8-23(17(24)14(12)9-22)13-4-20-10-21-5-13/h1-5,10,12,14H,6-9H2/t12-,14-/m0/s1. The molecule has 0 unspecified atom stereocenters. The van der Waals surface area contributed by atoms with Gasteiger partial charge in [-0.1, -0.05) is 6.07 Å². The third-order valence-corrected chi connectivity index (χ3v) is 4.77. The number of nitrogens with zero attached hydrogens (tertiary/aromatic N) is 4. The van der Waals surface area contributed by atoms with E-state index in [1.54, 1.807) is 23.4 Å². The lowest BCUT2D eigenvalue weighted by Gasteiger charge is -2.21. The predicted octanol–water partition coefficient (Wildman–Crippen LogP) is 1.85. The van der Waals surface area contributed by atoms with E-state index in [0.29, 0.717) is 19.6 Å². The van der Waals surface area contributed by atoms with Gasteiger partial charge in [-0.3, -0.25) is 9.69 Å². The smallest absolute Gasteiger partial charge is 0.231 e. The molecule has 3 heterocycles. The van der Waals surface area contributed by atoms with Crippen molar-refractivity contribution in [3.05, 3.63) is 54.1 Å². The number of rotatable bonds is 3. The summed E-state index contributed by atoms with van der Waals surface area (Å²) in [5.74, 6) is -1.41. The summed E-state index contributed by atoms with van der Waals surface area (Å²) in [4.78, 5) is 24.4. The number of likely N-dealkylation sites (tertiary alicyclic amines) is 1. The normalized spacial score (nSPS) is 23.8. The number of amides is 1. The van der Waals surface area contributed by atoms with Crippen LogP contribution in [0.25, 0.3) is 0 Å². The number of halogens is 2. The highest BCUT2D eigenvalue weighted by Gasteiger charge is 2.46. The van der Waals surface area contributed by atoms with Gasteiger partial charge in [-0.25, -0.2) is 18.7 Å². The average molecular weight is 330 g/mol. The Hall–Kier alpha value is -2.41. The molecule has 5 nitrogen and oxygen atoms in total. The molecular weight excluding hydrogens is 314 g/mol. The monoisotopic (exact) mass is 330 g/mol. The molecule has 1 amide bonds. The van der Waals surface area contributed by atoms with Crippen LogP contribution in [0, 0.1) is 23.5 Å². The number of carbonyl (C=O) groups excluding carboxylic acids is 1. The highest BCUT2D eigenvalue weighted by atomic mass is 19.2. The molecule has 24 heavy (non-hydrogen) atoms. The number of carbonyl (C=O) groups is 1. The minimum absolute atomic E-state index is 0.0597. The lowest BCUT2D eigenvalue weighted by atomic mass is 10.0. The van der Waals surface area contributed by atoms with Crippen molar-refractivity contribution in [3.63, 3.8) is 0 Å². The first-order valence-electron chi connectivity index (χ1n) is 7.84. The third kappa shape index (κ3) is 2.65. The number of fused-ring (bicyclic) bond motifs is 1. The maximum Gasteiger partial charge on any atom is 0.231 e. The van der Waals surface area contributed by atoms with E-state index < -0.39 is 11.6 Å². The molecule has 0 aliphatic carbocycles. The van der Waals surface area contributed by atoms with Gasteiger partial charge in [-0.15, -0.1) is 0 Å².